The van der Waals surface area contributed by atoms with Crippen molar-refractivity contribution in [1.29, 1.82) is 0 Å². The SMILES string of the molecule is C=CCNc1nnc(Sc2ccc(S(=O)(=O)N(CC)CC)cc2[N+](=O)[O-])s1. The summed E-state index contributed by atoms with van der Waals surface area (Å²) >= 11 is 2.31. The molecule has 0 bridgehead atoms. The second-order valence-corrected chi connectivity index (χ2v) is 9.33. The summed E-state index contributed by atoms with van der Waals surface area (Å²) in [5, 5.41) is 23.0. The predicted molar refractivity (Wildman–Crippen MR) is 106 cm³/mol. The summed E-state index contributed by atoms with van der Waals surface area (Å²) in [6.45, 7) is 8.12. The lowest BCUT2D eigenvalue weighted by molar-refractivity contribution is -0.388. The Morgan fingerprint density at radius 3 is 2.67 bits per heavy atom. The molecule has 9 nitrogen and oxygen atoms in total. The van der Waals surface area contributed by atoms with Crippen LogP contribution in [0.4, 0.5) is 10.8 Å². The molecule has 0 aliphatic rings. The van der Waals surface area contributed by atoms with Gasteiger partial charge < -0.3 is 5.32 Å². The molecule has 2 aromatic rings. The van der Waals surface area contributed by atoms with Crippen LogP contribution in [0.1, 0.15) is 13.8 Å². The molecule has 0 aliphatic carbocycles. The molecule has 0 fully saturated rings. The number of hydrogen-bond acceptors (Lipinski definition) is 9. The van der Waals surface area contributed by atoms with E-state index in [2.05, 4.69) is 22.1 Å². The largest absolute Gasteiger partial charge is 0.357 e. The van der Waals surface area contributed by atoms with Crippen LogP contribution in [0, 0.1) is 10.1 Å². The van der Waals surface area contributed by atoms with E-state index in [1.165, 1.54) is 27.8 Å². The molecule has 27 heavy (non-hydrogen) atoms. The van der Waals surface area contributed by atoms with Crippen molar-refractivity contribution in [3.63, 3.8) is 0 Å². The topological polar surface area (TPSA) is 118 Å². The van der Waals surface area contributed by atoms with Crippen LogP contribution >= 0.6 is 23.1 Å². The predicted octanol–water partition coefficient (Wildman–Crippen LogP) is 3.23. The third-order valence-electron chi connectivity index (χ3n) is 3.47. The van der Waals surface area contributed by atoms with Gasteiger partial charge in [-0.1, -0.05) is 31.3 Å². The maximum Gasteiger partial charge on any atom is 0.284 e. The third kappa shape index (κ3) is 5.03. The number of sulfonamides is 1. The van der Waals surface area contributed by atoms with Crippen LogP contribution in [0.25, 0.3) is 0 Å². The Morgan fingerprint density at radius 1 is 1.37 bits per heavy atom. The Bertz CT molecular complexity index is 925. The van der Waals surface area contributed by atoms with E-state index in [0.29, 0.717) is 20.9 Å². The van der Waals surface area contributed by atoms with Crippen molar-refractivity contribution in [2.45, 2.75) is 28.0 Å². The van der Waals surface area contributed by atoms with Crippen molar-refractivity contribution in [2.24, 2.45) is 0 Å². The Morgan fingerprint density at radius 2 is 2.07 bits per heavy atom. The Labute approximate surface area is 165 Å². The van der Waals surface area contributed by atoms with Crippen LogP contribution in [0.3, 0.4) is 0 Å². The number of anilines is 1. The van der Waals surface area contributed by atoms with Gasteiger partial charge in [-0.2, -0.15) is 4.31 Å². The van der Waals surface area contributed by atoms with E-state index < -0.39 is 14.9 Å². The zero-order valence-corrected chi connectivity index (χ0v) is 17.2. The molecule has 0 saturated heterocycles. The van der Waals surface area contributed by atoms with Gasteiger partial charge in [-0.3, -0.25) is 10.1 Å². The molecule has 1 heterocycles. The minimum atomic E-state index is -3.78. The number of nitro benzene ring substituents is 1. The number of nitrogens with one attached hydrogen (secondary N) is 1. The molecular weight excluding hydrogens is 410 g/mol. The van der Waals surface area contributed by atoms with Gasteiger partial charge >= 0.3 is 0 Å². The van der Waals surface area contributed by atoms with Crippen LogP contribution in [-0.4, -0.2) is 47.5 Å². The fourth-order valence-electron chi connectivity index (χ4n) is 2.18. The average Bonchev–Trinajstić information content (AvgIpc) is 3.08. The molecule has 1 N–H and O–H groups in total. The summed E-state index contributed by atoms with van der Waals surface area (Å²) in [6, 6.07) is 3.90. The summed E-state index contributed by atoms with van der Waals surface area (Å²) < 4.78 is 27.0. The van der Waals surface area contributed by atoms with Crippen LogP contribution in [0.15, 0.2) is 45.0 Å². The molecule has 0 spiro atoms. The fraction of sp³-hybridized carbons (Fsp3) is 0.333. The van der Waals surface area contributed by atoms with Crippen LogP contribution in [-0.2, 0) is 10.0 Å². The van der Waals surface area contributed by atoms with E-state index in [0.717, 1.165) is 17.8 Å². The molecular formula is C15H19N5O4S3. The number of aromatic nitrogens is 2. The highest BCUT2D eigenvalue weighted by atomic mass is 32.2. The van der Waals surface area contributed by atoms with E-state index in [1.807, 2.05) is 0 Å². The van der Waals surface area contributed by atoms with E-state index in [-0.39, 0.29) is 23.7 Å². The monoisotopic (exact) mass is 429 g/mol. The van der Waals surface area contributed by atoms with Gasteiger partial charge in [0.1, 0.15) is 0 Å². The van der Waals surface area contributed by atoms with Crippen LogP contribution < -0.4 is 5.32 Å². The molecule has 0 atom stereocenters. The molecule has 0 radical (unpaired) electrons. The van der Waals surface area contributed by atoms with E-state index >= 15 is 0 Å². The first kappa shape index (κ1) is 21.3. The Balaban J connectivity index is 2.34. The van der Waals surface area contributed by atoms with Gasteiger partial charge in [0, 0.05) is 25.7 Å². The molecule has 0 saturated carbocycles. The normalized spacial score (nSPS) is 11.5. The summed E-state index contributed by atoms with van der Waals surface area (Å²) in [4.78, 5) is 11.1. The van der Waals surface area contributed by atoms with Crippen molar-refractivity contribution < 1.29 is 13.3 Å². The van der Waals surface area contributed by atoms with Crippen molar-refractivity contribution in [3.8, 4) is 0 Å². The second kappa shape index (κ2) is 9.26. The molecule has 1 aromatic heterocycles. The van der Waals surface area contributed by atoms with E-state index in [1.54, 1.807) is 19.9 Å². The van der Waals surface area contributed by atoms with Crippen molar-refractivity contribution >= 4 is 43.9 Å². The van der Waals surface area contributed by atoms with Gasteiger partial charge in [0.15, 0.2) is 4.34 Å². The van der Waals surface area contributed by atoms with Crippen LogP contribution in [0.5, 0.6) is 0 Å². The first-order valence-corrected chi connectivity index (χ1v) is 11.1. The maximum atomic E-state index is 12.6. The van der Waals surface area contributed by atoms with E-state index in [9.17, 15) is 18.5 Å². The highest BCUT2D eigenvalue weighted by Gasteiger charge is 2.26. The van der Waals surface area contributed by atoms with Gasteiger partial charge in [0.25, 0.3) is 5.69 Å². The highest BCUT2D eigenvalue weighted by molar-refractivity contribution is 8.01. The molecule has 146 valence electrons. The minimum absolute atomic E-state index is 0.104. The van der Waals surface area contributed by atoms with Crippen LogP contribution in [0.2, 0.25) is 0 Å². The third-order valence-corrected chi connectivity index (χ3v) is 7.51. The van der Waals surface area contributed by atoms with Crippen molar-refractivity contribution in [3.05, 3.63) is 41.0 Å². The van der Waals surface area contributed by atoms with Gasteiger partial charge in [-0.25, -0.2) is 8.42 Å². The number of rotatable bonds is 10. The van der Waals surface area contributed by atoms with Crippen molar-refractivity contribution in [1.82, 2.24) is 14.5 Å². The average molecular weight is 430 g/mol. The highest BCUT2D eigenvalue weighted by Crippen LogP contribution is 2.38. The lowest BCUT2D eigenvalue weighted by Crippen LogP contribution is -2.30. The minimum Gasteiger partial charge on any atom is -0.357 e. The zero-order valence-electron chi connectivity index (χ0n) is 14.8. The fourth-order valence-corrected chi connectivity index (χ4v) is 5.45. The smallest absolute Gasteiger partial charge is 0.284 e. The number of benzene rings is 1. The van der Waals surface area contributed by atoms with Gasteiger partial charge in [0.05, 0.1) is 14.7 Å². The van der Waals surface area contributed by atoms with Crippen molar-refractivity contribution in [2.75, 3.05) is 25.0 Å². The van der Waals surface area contributed by atoms with Gasteiger partial charge in [-0.05, 0) is 23.9 Å². The lowest BCUT2D eigenvalue weighted by Gasteiger charge is -2.18. The number of nitrogens with zero attached hydrogens (tertiary/aromatic N) is 4. The molecule has 2 rings (SSSR count). The first-order valence-electron chi connectivity index (χ1n) is 7.98. The second-order valence-electron chi connectivity index (χ2n) is 5.12. The number of hydrogen-bond donors (Lipinski definition) is 1. The summed E-state index contributed by atoms with van der Waals surface area (Å²) in [5.74, 6) is 0. The standard InChI is InChI=1S/C15H19N5O4S3/c1-4-9-16-14-17-18-15(26-14)25-13-8-7-11(10-12(13)20(21)22)27(23,24)19(5-2)6-3/h4,7-8,10H,1,5-6,9H2,2-3H3,(H,16,17). The Hall–Kier alpha value is -2.02. The quantitative estimate of drug-likeness (QED) is 0.347. The zero-order chi connectivity index (χ0) is 20.0. The van der Waals surface area contributed by atoms with E-state index in [4.69, 9.17) is 0 Å². The molecule has 0 aliphatic heterocycles. The van der Waals surface area contributed by atoms with Gasteiger partial charge in [0.2, 0.25) is 15.2 Å². The van der Waals surface area contributed by atoms with Gasteiger partial charge in [-0.15, -0.1) is 16.8 Å². The molecule has 0 unspecified atom stereocenters. The lowest BCUT2D eigenvalue weighted by atomic mass is 10.3. The summed E-state index contributed by atoms with van der Waals surface area (Å²) in [7, 11) is -3.78. The first-order chi connectivity index (χ1) is 12.8. The molecule has 0 amide bonds. The molecule has 12 heteroatoms. The molecule has 1 aromatic carbocycles. The Kier molecular flexibility index (Phi) is 7.30. The number of nitro groups is 1. The summed E-state index contributed by atoms with van der Waals surface area (Å²) in [5.41, 5.74) is -0.288. The summed E-state index contributed by atoms with van der Waals surface area (Å²) in [6.07, 6.45) is 1.67. The maximum absolute atomic E-state index is 12.6.